The molecule has 4 N–H and O–H groups in total. The number of nitrogens with zero attached hydrogens (tertiary/aromatic N) is 2. The number of aryl methyl sites for hydroxylation is 1. The highest BCUT2D eigenvalue weighted by molar-refractivity contribution is 6.06. The Kier molecular flexibility index (Phi) is 4.91. The van der Waals surface area contributed by atoms with Crippen LogP contribution in [0, 0.1) is 5.41 Å². The number of hydrogen-bond acceptors (Lipinski definition) is 5. The molecule has 0 bridgehead atoms. The number of amides is 1. The summed E-state index contributed by atoms with van der Waals surface area (Å²) in [5.41, 5.74) is 4.51. The third-order valence-electron chi connectivity index (χ3n) is 3.23. The van der Waals surface area contributed by atoms with Crippen molar-refractivity contribution in [3.05, 3.63) is 17.8 Å². The number of amidine groups is 1. The Morgan fingerprint density at radius 1 is 1.63 bits per heavy atom. The maximum atomic E-state index is 12.1. The lowest BCUT2D eigenvalue weighted by Crippen LogP contribution is -2.47. The van der Waals surface area contributed by atoms with Crippen molar-refractivity contribution >= 4 is 11.7 Å². The summed E-state index contributed by atoms with van der Waals surface area (Å²) in [7, 11) is 0. The molecule has 1 amide bonds. The number of rotatable bonds is 6. The number of nitrogens with two attached hydrogens (primary N) is 1. The van der Waals surface area contributed by atoms with Gasteiger partial charge >= 0.3 is 0 Å². The molecular weight excluding hydrogens is 248 g/mol. The monoisotopic (exact) mass is 268 g/mol. The number of nitrogens with one attached hydrogen (secondary N) is 1. The third-order valence-corrected chi connectivity index (χ3v) is 3.23. The van der Waals surface area contributed by atoms with Crippen molar-refractivity contribution in [3.8, 4) is 0 Å². The van der Waals surface area contributed by atoms with Crippen LogP contribution in [0.15, 0.2) is 15.8 Å². The zero-order valence-electron chi connectivity index (χ0n) is 11.4. The Balaban J connectivity index is 2.68. The van der Waals surface area contributed by atoms with E-state index in [2.05, 4.69) is 15.5 Å². The summed E-state index contributed by atoms with van der Waals surface area (Å²) < 4.78 is 5.38. The summed E-state index contributed by atoms with van der Waals surface area (Å²) in [6.07, 6.45) is 2.79. The minimum Gasteiger partial charge on any atom is -0.444 e. The van der Waals surface area contributed by atoms with Gasteiger partial charge in [-0.1, -0.05) is 19.0 Å². The molecule has 0 saturated carbocycles. The lowest BCUT2D eigenvalue weighted by molar-refractivity contribution is -0.127. The van der Waals surface area contributed by atoms with Crippen LogP contribution in [0.3, 0.4) is 0 Å². The summed E-state index contributed by atoms with van der Waals surface area (Å²) >= 11 is 0. The zero-order valence-corrected chi connectivity index (χ0v) is 11.4. The highest BCUT2D eigenvalue weighted by Gasteiger charge is 2.36. The van der Waals surface area contributed by atoms with Crippen molar-refractivity contribution in [1.82, 2.24) is 10.3 Å². The second-order valence-electron chi connectivity index (χ2n) is 4.43. The molecule has 106 valence electrons. The summed E-state index contributed by atoms with van der Waals surface area (Å²) in [4.78, 5) is 16.1. The molecule has 0 aliphatic heterocycles. The first-order chi connectivity index (χ1) is 8.97. The number of carbonyl (C=O) groups is 1. The van der Waals surface area contributed by atoms with Gasteiger partial charge in [0, 0.05) is 6.42 Å². The standard InChI is InChI=1S/C12H20N4O3/c1-4-8-6-14-9(19-8)7-15-11(17)12(3,5-2)10(13)16-18/h6,18H,4-5,7H2,1-3H3,(H2,13,16)(H,15,17). The average Bonchev–Trinajstić information content (AvgIpc) is 2.90. The third kappa shape index (κ3) is 3.24. The first-order valence-electron chi connectivity index (χ1n) is 6.17. The van der Waals surface area contributed by atoms with Gasteiger partial charge in [0.15, 0.2) is 5.84 Å². The number of hydrogen-bond donors (Lipinski definition) is 3. The van der Waals surface area contributed by atoms with Gasteiger partial charge in [0.05, 0.1) is 12.7 Å². The molecule has 19 heavy (non-hydrogen) atoms. The van der Waals surface area contributed by atoms with Crippen LogP contribution >= 0.6 is 0 Å². The fraction of sp³-hybridized carbons (Fsp3) is 0.583. The second kappa shape index (κ2) is 6.21. The maximum absolute atomic E-state index is 12.1. The number of aromatic nitrogens is 1. The average molecular weight is 268 g/mol. The lowest BCUT2D eigenvalue weighted by atomic mass is 9.85. The van der Waals surface area contributed by atoms with Gasteiger partial charge in [-0.15, -0.1) is 0 Å². The molecule has 0 aromatic carbocycles. The molecule has 1 unspecified atom stereocenters. The van der Waals surface area contributed by atoms with Crippen LogP contribution in [0.2, 0.25) is 0 Å². The van der Waals surface area contributed by atoms with E-state index in [-0.39, 0.29) is 18.3 Å². The molecule has 1 aromatic heterocycles. The normalized spacial score (nSPS) is 15.0. The maximum Gasteiger partial charge on any atom is 0.234 e. The smallest absolute Gasteiger partial charge is 0.234 e. The second-order valence-corrected chi connectivity index (χ2v) is 4.43. The topological polar surface area (TPSA) is 114 Å². The van der Waals surface area contributed by atoms with E-state index in [9.17, 15) is 4.79 Å². The van der Waals surface area contributed by atoms with Crippen molar-refractivity contribution in [2.45, 2.75) is 40.2 Å². The Bertz CT molecular complexity index is 469. The molecule has 1 atom stereocenters. The quantitative estimate of drug-likeness (QED) is 0.308. The number of carbonyl (C=O) groups excluding carboxylic acids is 1. The van der Waals surface area contributed by atoms with Crippen molar-refractivity contribution in [3.63, 3.8) is 0 Å². The predicted octanol–water partition coefficient (Wildman–Crippen LogP) is 1.02. The fourth-order valence-corrected chi connectivity index (χ4v) is 1.51. The first kappa shape index (κ1) is 15.0. The lowest BCUT2D eigenvalue weighted by Gasteiger charge is -2.24. The van der Waals surface area contributed by atoms with E-state index in [1.54, 1.807) is 20.0 Å². The molecule has 7 heteroatoms. The molecule has 0 fully saturated rings. The van der Waals surface area contributed by atoms with Gasteiger partial charge in [0.25, 0.3) is 0 Å². The number of oxazole rings is 1. The van der Waals surface area contributed by atoms with Crippen molar-refractivity contribution < 1.29 is 14.4 Å². The molecule has 0 spiro atoms. The molecule has 0 aliphatic rings. The Hall–Kier alpha value is -2.05. The van der Waals surface area contributed by atoms with Crippen LogP contribution in [0.1, 0.15) is 38.8 Å². The van der Waals surface area contributed by atoms with Crippen molar-refractivity contribution in [1.29, 1.82) is 0 Å². The predicted molar refractivity (Wildman–Crippen MR) is 69.5 cm³/mol. The van der Waals surface area contributed by atoms with Gasteiger partial charge in [0.2, 0.25) is 11.8 Å². The molecule has 0 aliphatic carbocycles. The first-order valence-corrected chi connectivity index (χ1v) is 6.17. The van der Waals surface area contributed by atoms with Gasteiger partial charge in [-0.2, -0.15) is 0 Å². The van der Waals surface area contributed by atoms with Gasteiger partial charge in [0.1, 0.15) is 11.2 Å². The molecular formula is C12H20N4O3. The van der Waals surface area contributed by atoms with Gasteiger partial charge in [-0.25, -0.2) is 4.98 Å². The SMILES string of the molecule is CCc1cnc(CNC(=O)C(C)(CC)C(N)=NO)o1. The Morgan fingerprint density at radius 2 is 2.32 bits per heavy atom. The van der Waals surface area contributed by atoms with Gasteiger partial charge in [-0.05, 0) is 13.3 Å². The van der Waals surface area contributed by atoms with Crippen LogP contribution < -0.4 is 11.1 Å². The highest BCUT2D eigenvalue weighted by atomic mass is 16.4. The zero-order chi connectivity index (χ0) is 14.5. The molecule has 0 saturated heterocycles. The van der Waals surface area contributed by atoms with Crippen LogP contribution in [0.25, 0.3) is 0 Å². The van der Waals surface area contributed by atoms with E-state index >= 15 is 0 Å². The molecule has 1 aromatic rings. The molecule has 1 rings (SSSR count). The van der Waals surface area contributed by atoms with Crippen molar-refractivity contribution in [2.24, 2.45) is 16.3 Å². The Morgan fingerprint density at radius 3 is 2.79 bits per heavy atom. The number of oxime groups is 1. The van der Waals surface area contributed by atoms with E-state index in [1.807, 2.05) is 6.92 Å². The van der Waals surface area contributed by atoms with Crippen LogP contribution in [-0.2, 0) is 17.8 Å². The summed E-state index contributed by atoms with van der Waals surface area (Å²) in [6, 6.07) is 0. The van der Waals surface area contributed by atoms with Gasteiger partial charge in [-0.3, -0.25) is 4.79 Å². The van der Waals surface area contributed by atoms with Crippen LogP contribution in [0.5, 0.6) is 0 Å². The van der Waals surface area contributed by atoms with Gasteiger partial charge < -0.3 is 20.7 Å². The van der Waals surface area contributed by atoms with Crippen molar-refractivity contribution in [2.75, 3.05) is 0 Å². The molecule has 0 radical (unpaired) electrons. The van der Waals surface area contributed by atoms with E-state index < -0.39 is 5.41 Å². The van der Waals surface area contributed by atoms with E-state index in [1.165, 1.54) is 0 Å². The molecule has 1 heterocycles. The minimum atomic E-state index is -1.05. The summed E-state index contributed by atoms with van der Waals surface area (Å²) in [5.74, 6) is 0.748. The van der Waals surface area contributed by atoms with Crippen LogP contribution in [0.4, 0.5) is 0 Å². The van der Waals surface area contributed by atoms with E-state index in [0.717, 1.165) is 12.2 Å². The fourth-order valence-electron chi connectivity index (χ4n) is 1.51. The minimum absolute atomic E-state index is 0.117. The summed E-state index contributed by atoms with van der Waals surface area (Å²) in [5, 5.41) is 14.3. The highest BCUT2D eigenvalue weighted by Crippen LogP contribution is 2.21. The Labute approximate surface area is 111 Å². The summed E-state index contributed by atoms with van der Waals surface area (Å²) in [6.45, 7) is 5.53. The van der Waals surface area contributed by atoms with E-state index in [0.29, 0.717) is 12.3 Å². The molecule has 7 nitrogen and oxygen atoms in total. The van der Waals surface area contributed by atoms with E-state index in [4.69, 9.17) is 15.4 Å². The largest absolute Gasteiger partial charge is 0.444 e. The van der Waals surface area contributed by atoms with Crippen LogP contribution in [-0.4, -0.2) is 21.9 Å².